The molecule has 0 saturated carbocycles. The maximum Gasteiger partial charge on any atom is 0.266 e. The van der Waals surface area contributed by atoms with Crippen LogP contribution in [0.5, 0.6) is 11.5 Å². The minimum absolute atomic E-state index is 0.181. The van der Waals surface area contributed by atoms with Crippen molar-refractivity contribution in [3.05, 3.63) is 92.3 Å². The van der Waals surface area contributed by atoms with E-state index < -0.39 is 0 Å². The first-order valence-electron chi connectivity index (χ1n) is 11.6. The molecule has 0 unspecified atom stereocenters. The summed E-state index contributed by atoms with van der Waals surface area (Å²) in [6, 6.07) is 18.1. The lowest BCUT2D eigenvalue weighted by Crippen LogP contribution is -2.30. The third-order valence-electron chi connectivity index (χ3n) is 5.85. The van der Waals surface area contributed by atoms with E-state index in [0.29, 0.717) is 31.2 Å². The number of amides is 2. The van der Waals surface area contributed by atoms with Crippen LogP contribution in [0.25, 0.3) is 6.08 Å². The van der Waals surface area contributed by atoms with Crippen molar-refractivity contribution in [1.82, 2.24) is 4.90 Å². The molecule has 0 aromatic heterocycles. The van der Waals surface area contributed by atoms with Gasteiger partial charge in [-0.25, -0.2) is 0 Å². The van der Waals surface area contributed by atoms with Gasteiger partial charge in [0.1, 0.15) is 4.32 Å². The van der Waals surface area contributed by atoms with Crippen molar-refractivity contribution >= 4 is 75.1 Å². The van der Waals surface area contributed by atoms with E-state index >= 15 is 0 Å². The predicted molar refractivity (Wildman–Crippen MR) is 158 cm³/mol. The molecule has 1 heterocycles. The van der Waals surface area contributed by atoms with E-state index in [1.165, 1.54) is 18.9 Å². The standard InChI is InChI=1S/C28H24Cl2N2O4S2/c1-16-9-10-20(14-21(16)29)31-25(33)15-36-26-22(30)11-18(12-23(26)35-3)13-24-27(34)32(28(37)38-24)17(2)19-7-5-4-6-8-19/h4-14,17H,15H2,1-3H3,(H,31,33)/b24-13-/t17-/m1/s1. The quantitative estimate of drug-likeness (QED) is 0.221. The molecule has 3 aromatic rings. The van der Waals surface area contributed by atoms with E-state index in [2.05, 4.69) is 5.32 Å². The van der Waals surface area contributed by atoms with Gasteiger partial charge in [0.25, 0.3) is 11.8 Å². The first kappa shape index (κ1) is 28.0. The van der Waals surface area contributed by atoms with E-state index in [1.54, 1.807) is 35.2 Å². The number of thiocarbonyl (C=S) groups is 1. The molecule has 10 heteroatoms. The van der Waals surface area contributed by atoms with Gasteiger partial charge in [-0.15, -0.1) is 0 Å². The summed E-state index contributed by atoms with van der Waals surface area (Å²) in [5.74, 6) is -0.0281. The Morgan fingerprint density at radius 1 is 1.13 bits per heavy atom. The molecule has 1 aliphatic rings. The number of nitrogens with zero attached hydrogens (tertiary/aromatic N) is 1. The van der Waals surface area contributed by atoms with Crippen molar-refractivity contribution in [3.63, 3.8) is 0 Å². The summed E-state index contributed by atoms with van der Waals surface area (Å²) in [4.78, 5) is 27.7. The molecule has 0 radical (unpaired) electrons. The molecule has 1 aliphatic heterocycles. The van der Waals surface area contributed by atoms with Gasteiger partial charge in [-0.05, 0) is 60.9 Å². The van der Waals surface area contributed by atoms with Gasteiger partial charge in [0.2, 0.25) is 0 Å². The first-order chi connectivity index (χ1) is 18.2. The summed E-state index contributed by atoms with van der Waals surface area (Å²) in [6.07, 6.45) is 1.71. The number of ether oxygens (including phenoxy) is 2. The summed E-state index contributed by atoms with van der Waals surface area (Å²) in [5.41, 5.74) is 3.09. The van der Waals surface area contributed by atoms with Crippen molar-refractivity contribution in [2.24, 2.45) is 0 Å². The lowest BCUT2D eigenvalue weighted by Gasteiger charge is -2.23. The Morgan fingerprint density at radius 3 is 2.55 bits per heavy atom. The highest BCUT2D eigenvalue weighted by atomic mass is 35.5. The molecule has 1 atom stereocenters. The van der Waals surface area contributed by atoms with Gasteiger partial charge in [-0.1, -0.05) is 83.6 Å². The zero-order chi connectivity index (χ0) is 27.4. The molecule has 3 aromatic carbocycles. The van der Waals surface area contributed by atoms with E-state index in [-0.39, 0.29) is 35.2 Å². The third-order valence-corrected chi connectivity index (χ3v) is 7.86. The second kappa shape index (κ2) is 12.2. The Balaban J connectivity index is 1.48. The predicted octanol–water partition coefficient (Wildman–Crippen LogP) is 7.29. The molecule has 1 saturated heterocycles. The Hall–Kier alpha value is -3.04. The third kappa shape index (κ3) is 6.32. The first-order valence-corrected chi connectivity index (χ1v) is 13.5. The average molecular weight is 588 g/mol. The number of thioether (sulfide) groups is 1. The van der Waals surface area contributed by atoms with E-state index in [0.717, 1.165) is 11.1 Å². The second-order valence-electron chi connectivity index (χ2n) is 8.47. The highest BCUT2D eigenvalue weighted by Crippen LogP contribution is 2.41. The van der Waals surface area contributed by atoms with Gasteiger partial charge < -0.3 is 14.8 Å². The number of methoxy groups -OCH3 is 1. The summed E-state index contributed by atoms with van der Waals surface area (Å²) < 4.78 is 11.6. The van der Waals surface area contributed by atoms with Crippen LogP contribution in [0.1, 0.15) is 29.7 Å². The fraction of sp³-hybridized carbons (Fsp3) is 0.179. The lowest BCUT2D eigenvalue weighted by molar-refractivity contribution is -0.123. The second-order valence-corrected chi connectivity index (χ2v) is 11.0. The molecule has 1 N–H and O–H groups in total. The Bertz CT molecular complexity index is 1430. The molecule has 196 valence electrons. The molecule has 6 nitrogen and oxygen atoms in total. The zero-order valence-corrected chi connectivity index (χ0v) is 23.9. The normalized spacial score (nSPS) is 15.1. The van der Waals surface area contributed by atoms with Crippen molar-refractivity contribution in [2.75, 3.05) is 19.0 Å². The highest BCUT2D eigenvalue weighted by molar-refractivity contribution is 8.26. The molecule has 38 heavy (non-hydrogen) atoms. The minimum atomic E-state index is -0.386. The van der Waals surface area contributed by atoms with Crippen molar-refractivity contribution in [3.8, 4) is 11.5 Å². The zero-order valence-electron chi connectivity index (χ0n) is 20.8. The fourth-order valence-corrected chi connectivity index (χ4v) is 5.69. The molecule has 0 aliphatic carbocycles. The van der Waals surface area contributed by atoms with Crippen LogP contribution in [0.3, 0.4) is 0 Å². The van der Waals surface area contributed by atoms with Crippen LogP contribution in [0.4, 0.5) is 5.69 Å². The molecule has 1 fully saturated rings. The van der Waals surface area contributed by atoms with Gasteiger partial charge in [0.05, 0.1) is 23.1 Å². The van der Waals surface area contributed by atoms with Crippen LogP contribution in [0.2, 0.25) is 10.0 Å². The van der Waals surface area contributed by atoms with Crippen molar-refractivity contribution in [2.45, 2.75) is 19.9 Å². The topological polar surface area (TPSA) is 67.9 Å². The number of hydrogen-bond acceptors (Lipinski definition) is 6. The van der Waals surface area contributed by atoms with Crippen LogP contribution >= 0.6 is 47.2 Å². The summed E-state index contributed by atoms with van der Waals surface area (Å²) in [7, 11) is 1.47. The van der Waals surface area contributed by atoms with Crippen LogP contribution < -0.4 is 14.8 Å². The van der Waals surface area contributed by atoms with Gasteiger partial charge >= 0.3 is 0 Å². The number of benzene rings is 3. The molecule has 0 spiro atoms. The molecule has 2 amide bonds. The van der Waals surface area contributed by atoms with Crippen molar-refractivity contribution in [1.29, 1.82) is 0 Å². The fourth-order valence-electron chi connectivity index (χ4n) is 3.81. The van der Waals surface area contributed by atoms with Gasteiger partial charge in [-0.3, -0.25) is 14.5 Å². The number of nitrogens with one attached hydrogen (secondary N) is 1. The van der Waals surface area contributed by atoms with Crippen LogP contribution in [-0.4, -0.2) is 34.8 Å². The Kier molecular flexibility index (Phi) is 8.99. The lowest BCUT2D eigenvalue weighted by atomic mass is 10.1. The molecule has 4 rings (SSSR count). The largest absolute Gasteiger partial charge is 0.493 e. The Labute approximate surface area is 240 Å². The number of hydrogen-bond donors (Lipinski definition) is 1. The summed E-state index contributed by atoms with van der Waals surface area (Å²) in [5, 5.41) is 3.51. The smallest absolute Gasteiger partial charge is 0.266 e. The van der Waals surface area contributed by atoms with Gasteiger partial charge in [0, 0.05) is 10.7 Å². The maximum atomic E-state index is 13.2. The summed E-state index contributed by atoms with van der Waals surface area (Å²) in [6.45, 7) is 3.53. The highest BCUT2D eigenvalue weighted by Gasteiger charge is 2.36. The number of anilines is 1. The average Bonchev–Trinajstić information content (AvgIpc) is 3.17. The van der Waals surface area contributed by atoms with E-state index in [1.807, 2.05) is 50.2 Å². The molecule has 0 bridgehead atoms. The monoisotopic (exact) mass is 586 g/mol. The molecular weight excluding hydrogens is 563 g/mol. The number of halogens is 2. The summed E-state index contributed by atoms with van der Waals surface area (Å²) >= 11 is 19.4. The van der Waals surface area contributed by atoms with Crippen LogP contribution in [0.15, 0.2) is 65.6 Å². The Morgan fingerprint density at radius 2 is 1.87 bits per heavy atom. The van der Waals surface area contributed by atoms with E-state index in [9.17, 15) is 9.59 Å². The van der Waals surface area contributed by atoms with Crippen LogP contribution in [-0.2, 0) is 9.59 Å². The number of carbonyl (C=O) groups excluding carboxylic acids is 2. The number of carbonyl (C=O) groups is 2. The van der Waals surface area contributed by atoms with Gasteiger partial charge in [0.15, 0.2) is 18.1 Å². The molecular formula is C28H24Cl2N2O4S2. The van der Waals surface area contributed by atoms with Crippen molar-refractivity contribution < 1.29 is 19.1 Å². The number of aryl methyl sites for hydroxylation is 1. The van der Waals surface area contributed by atoms with E-state index in [4.69, 9.17) is 44.9 Å². The number of rotatable bonds is 8. The minimum Gasteiger partial charge on any atom is -0.493 e. The van der Waals surface area contributed by atoms with Gasteiger partial charge in [-0.2, -0.15) is 0 Å². The SMILES string of the molecule is COc1cc(/C=C2\SC(=S)N([C@H](C)c3ccccc3)C2=O)cc(Cl)c1OCC(=O)Nc1ccc(C)c(Cl)c1. The van der Waals surface area contributed by atoms with Crippen LogP contribution in [0, 0.1) is 6.92 Å². The maximum absolute atomic E-state index is 13.2.